The molecule has 0 bridgehead atoms. The van der Waals surface area contributed by atoms with Crippen LogP contribution in [0.5, 0.6) is 0 Å². The predicted octanol–water partition coefficient (Wildman–Crippen LogP) is 4.38. The fourth-order valence-corrected chi connectivity index (χ4v) is 2.43. The smallest absolute Gasteiger partial charge is 0.267 e. The highest BCUT2D eigenvalue weighted by atomic mass is 16.1. The first-order valence-electron chi connectivity index (χ1n) is 8.66. The van der Waals surface area contributed by atoms with Crippen molar-refractivity contribution in [2.24, 2.45) is 0 Å². The van der Waals surface area contributed by atoms with Crippen molar-refractivity contribution in [3.05, 3.63) is 65.4 Å². The van der Waals surface area contributed by atoms with Crippen LogP contribution in [-0.4, -0.2) is 5.91 Å². The minimum atomic E-state index is -0.465. The number of rotatable bonds is 7. The molecule has 0 atom stereocenters. The largest absolute Gasteiger partial charge is 0.397 e. The molecule has 1 amide bonds. The average molecular weight is 348 g/mol. The monoisotopic (exact) mass is 348 g/mol. The number of nitrogens with one attached hydrogen (secondary N) is 2. The van der Waals surface area contributed by atoms with Gasteiger partial charge in [-0.3, -0.25) is 4.79 Å². The Hall–Kier alpha value is -3.26. The van der Waals surface area contributed by atoms with Gasteiger partial charge >= 0.3 is 0 Å². The molecule has 2 aromatic carbocycles. The van der Waals surface area contributed by atoms with Crippen molar-refractivity contribution in [1.29, 1.82) is 5.26 Å². The molecule has 0 aliphatic heterocycles. The zero-order chi connectivity index (χ0) is 18.9. The van der Waals surface area contributed by atoms with Crippen LogP contribution in [-0.2, 0) is 11.2 Å². The summed E-state index contributed by atoms with van der Waals surface area (Å²) in [5.41, 5.74) is 9.99. The Balaban J connectivity index is 2.04. The van der Waals surface area contributed by atoms with Crippen molar-refractivity contribution in [3.8, 4) is 6.07 Å². The van der Waals surface area contributed by atoms with Crippen molar-refractivity contribution in [2.45, 2.75) is 33.1 Å². The number of carbonyl (C=O) groups excluding carboxylic acids is 1. The van der Waals surface area contributed by atoms with Crippen molar-refractivity contribution in [1.82, 2.24) is 0 Å². The first-order valence-corrected chi connectivity index (χ1v) is 8.66. The van der Waals surface area contributed by atoms with Crippen LogP contribution in [0.15, 0.2) is 54.2 Å². The molecule has 2 aromatic rings. The zero-order valence-electron chi connectivity index (χ0n) is 15.2. The summed E-state index contributed by atoms with van der Waals surface area (Å²) in [5, 5.41) is 14.9. The van der Waals surface area contributed by atoms with Crippen LogP contribution in [0.25, 0.3) is 0 Å². The van der Waals surface area contributed by atoms with Gasteiger partial charge < -0.3 is 16.4 Å². The Morgan fingerprint density at radius 1 is 1.23 bits per heavy atom. The number of nitrogen functional groups attached to an aromatic ring is 1. The molecule has 0 aromatic heterocycles. The molecule has 0 aliphatic carbocycles. The van der Waals surface area contributed by atoms with Crippen LogP contribution < -0.4 is 16.4 Å². The summed E-state index contributed by atoms with van der Waals surface area (Å²) in [6, 6.07) is 15.1. The summed E-state index contributed by atoms with van der Waals surface area (Å²) >= 11 is 0. The lowest BCUT2D eigenvalue weighted by Crippen LogP contribution is -2.14. The highest BCUT2D eigenvalue weighted by Gasteiger charge is 2.10. The lowest BCUT2D eigenvalue weighted by atomic mass is 10.1. The highest BCUT2D eigenvalue weighted by Crippen LogP contribution is 2.20. The van der Waals surface area contributed by atoms with Gasteiger partial charge in [-0.15, -0.1) is 0 Å². The molecule has 0 saturated carbocycles. The van der Waals surface area contributed by atoms with Gasteiger partial charge in [0.1, 0.15) is 11.6 Å². The summed E-state index contributed by atoms with van der Waals surface area (Å²) in [6.07, 6.45) is 4.68. The fraction of sp³-hybridized carbons (Fsp3) is 0.238. The molecule has 4 N–H and O–H groups in total. The second-order valence-electron chi connectivity index (χ2n) is 6.16. The molecule has 0 unspecified atom stereocenters. The second kappa shape index (κ2) is 9.28. The third-order valence-electron chi connectivity index (χ3n) is 3.98. The van der Waals surface area contributed by atoms with Gasteiger partial charge in [0.2, 0.25) is 0 Å². The minimum Gasteiger partial charge on any atom is -0.397 e. The summed E-state index contributed by atoms with van der Waals surface area (Å²) in [6.45, 7) is 4.10. The fourth-order valence-electron chi connectivity index (χ4n) is 2.43. The number of nitrogens with zero attached hydrogens (tertiary/aromatic N) is 1. The topological polar surface area (TPSA) is 90.9 Å². The van der Waals surface area contributed by atoms with Crippen molar-refractivity contribution >= 4 is 23.0 Å². The van der Waals surface area contributed by atoms with Crippen molar-refractivity contribution in [2.75, 3.05) is 16.4 Å². The SMILES string of the molecule is CCCCc1ccc(NC(=O)/C(C#N)=C\Nc2cc(C)ccc2N)cc1. The predicted molar refractivity (Wildman–Crippen MR) is 107 cm³/mol. The molecule has 134 valence electrons. The molecule has 26 heavy (non-hydrogen) atoms. The number of unbranched alkanes of at least 4 members (excludes halogenated alkanes) is 1. The molecule has 0 heterocycles. The third kappa shape index (κ3) is 5.38. The molecular weight excluding hydrogens is 324 g/mol. The van der Waals surface area contributed by atoms with E-state index in [-0.39, 0.29) is 5.57 Å². The molecular formula is C21H24N4O. The first-order chi connectivity index (χ1) is 12.5. The molecule has 0 fully saturated rings. The van der Waals surface area contributed by atoms with Gasteiger partial charge in [-0.1, -0.05) is 31.5 Å². The van der Waals surface area contributed by atoms with E-state index in [4.69, 9.17) is 5.73 Å². The zero-order valence-corrected chi connectivity index (χ0v) is 15.2. The Morgan fingerprint density at radius 3 is 2.62 bits per heavy atom. The number of hydrogen-bond acceptors (Lipinski definition) is 4. The average Bonchev–Trinajstić information content (AvgIpc) is 2.64. The summed E-state index contributed by atoms with van der Waals surface area (Å²) < 4.78 is 0. The Kier molecular flexibility index (Phi) is 6.81. The van der Waals surface area contributed by atoms with E-state index in [1.54, 1.807) is 6.07 Å². The van der Waals surface area contributed by atoms with Crippen LogP contribution in [0.1, 0.15) is 30.9 Å². The van der Waals surface area contributed by atoms with Crippen LogP contribution in [0.4, 0.5) is 17.1 Å². The number of nitriles is 1. The van der Waals surface area contributed by atoms with Crippen LogP contribution in [0.2, 0.25) is 0 Å². The second-order valence-corrected chi connectivity index (χ2v) is 6.16. The molecule has 2 rings (SSSR count). The van der Waals surface area contributed by atoms with E-state index in [9.17, 15) is 10.1 Å². The summed E-state index contributed by atoms with van der Waals surface area (Å²) in [4.78, 5) is 12.3. The molecule has 0 saturated heterocycles. The van der Waals surface area contributed by atoms with Crippen molar-refractivity contribution < 1.29 is 4.79 Å². The van der Waals surface area contributed by atoms with E-state index in [1.165, 1.54) is 11.8 Å². The number of anilines is 3. The highest BCUT2D eigenvalue weighted by molar-refractivity contribution is 6.06. The van der Waals surface area contributed by atoms with E-state index >= 15 is 0 Å². The lowest BCUT2D eigenvalue weighted by Gasteiger charge is -2.08. The quantitative estimate of drug-likeness (QED) is 0.393. The normalized spacial score (nSPS) is 10.9. The Bertz CT molecular complexity index is 832. The standard InChI is InChI=1S/C21H24N4O/c1-3-4-5-16-7-9-18(10-8-16)25-21(26)17(13-22)14-24-20-12-15(2)6-11-19(20)23/h6-12,14,24H,3-5,23H2,1-2H3,(H,25,26)/b17-14-. The van der Waals surface area contributed by atoms with Gasteiger partial charge in [0.15, 0.2) is 0 Å². The van der Waals surface area contributed by atoms with Crippen LogP contribution in [0.3, 0.4) is 0 Å². The maximum absolute atomic E-state index is 12.3. The minimum absolute atomic E-state index is 0.0269. The lowest BCUT2D eigenvalue weighted by molar-refractivity contribution is -0.112. The number of benzene rings is 2. The van der Waals surface area contributed by atoms with Gasteiger partial charge in [0, 0.05) is 11.9 Å². The van der Waals surface area contributed by atoms with Crippen molar-refractivity contribution in [3.63, 3.8) is 0 Å². The first kappa shape index (κ1) is 19.1. The molecule has 0 radical (unpaired) electrons. The number of carbonyl (C=O) groups is 1. The molecule has 0 spiro atoms. The van der Waals surface area contributed by atoms with Gasteiger partial charge in [-0.05, 0) is 55.2 Å². The van der Waals surface area contributed by atoms with E-state index in [1.807, 2.05) is 49.4 Å². The number of hydrogen-bond donors (Lipinski definition) is 3. The Labute approximate surface area is 154 Å². The number of nitrogens with two attached hydrogens (primary N) is 1. The maximum atomic E-state index is 12.3. The van der Waals surface area contributed by atoms with E-state index in [0.717, 1.165) is 24.8 Å². The summed E-state index contributed by atoms with van der Waals surface area (Å²) in [5.74, 6) is -0.465. The molecule has 0 aliphatic rings. The van der Waals surface area contributed by atoms with E-state index < -0.39 is 5.91 Å². The van der Waals surface area contributed by atoms with Crippen LogP contribution in [0, 0.1) is 18.3 Å². The number of aryl methyl sites for hydroxylation is 2. The molecule has 5 heteroatoms. The summed E-state index contributed by atoms with van der Waals surface area (Å²) in [7, 11) is 0. The van der Waals surface area contributed by atoms with Gasteiger partial charge in [-0.2, -0.15) is 5.26 Å². The maximum Gasteiger partial charge on any atom is 0.267 e. The number of amides is 1. The van der Waals surface area contributed by atoms with Gasteiger partial charge in [0.05, 0.1) is 11.4 Å². The van der Waals surface area contributed by atoms with E-state index in [0.29, 0.717) is 17.1 Å². The van der Waals surface area contributed by atoms with Gasteiger partial charge in [0.25, 0.3) is 5.91 Å². The van der Waals surface area contributed by atoms with Gasteiger partial charge in [-0.25, -0.2) is 0 Å². The third-order valence-corrected chi connectivity index (χ3v) is 3.98. The van der Waals surface area contributed by atoms with E-state index in [2.05, 4.69) is 17.6 Å². The van der Waals surface area contributed by atoms with Crippen LogP contribution >= 0.6 is 0 Å². The molecule has 5 nitrogen and oxygen atoms in total. The Morgan fingerprint density at radius 2 is 1.96 bits per heavy atom.